The quantitative estimate of drug-likeness (QED) is 0.889. The molecule has 2 aromatic rings. The predicted molar refractivity (Wildman–Crippen MR) is 90.4 cm³/mol. The van der Waals surface area contributed by atoms with E-state index in [4.69, 9.17) is 0 Å². The summed E-state index contributed by atoms with van der Waals surface area (Å²) in [4.78, 5) is 13.0. The zero-order chi connectivity index (χ0) is 15.9. The van der Waals surface area contributed by atoms with E-state index in [-0.39, 0.29) is 11.9 Å². The Bertz CT molecular complexity index is 638. The number of rotatable bonds is 6. The van der Waals surface area contributed by atoms with Gasteiger partial charge in [-0.15, -0.1) is 0 Å². The number of hydrogen-bond acceptors (Lipinski definition) is 2. The van der Waals surface area contributed by atoms with Gasteiger partial charge in [-0.1, -0.05) is 42.8 Å². The maximum atomic E-state index is 12.4. The molecule has 0 heterocycles. The number of amides is 1. The number of hydrogen-bond donors (Lipinski definition) is 1. The molecule has 2 atom stereocenters. The average Bonchev–Trinajstić information content (AvgIpc) is 2.55. The lowest BCUT2D eigenvalue weighted by Gasteiger charge is -2.16. The van der Waals surface area contributed by atoms with Gasteiger partial charge in [0.05, 0.1) is 10.8 Å². The summed E-state index contributed by atoms with van der Waals surface area (Å²) >= 11 is 0. The second kappa shape index (κ2) is 7.90. The van der Waals surface area contributed by atoms with Crippen molar-refractivity contribution in [3.05, 3.63) is 65.7 Å². The van der Waals surface area contributed by atoms with Crippen molar-refractivity contribution < 1.29 is 9.00 Å². The van der Waals surface area contributed by atoms with Gasteiger partial charge >= 0.3 is 0 Å². The third kappa shape index (κ3) is 4.53. The van der Waals surface area contributed by atoms with E-state index in [2.05, 4.69) is 5.32 Å². The standard InChI is InChI=1S/C18H21NO2S/c1-3-16(19-18(20)15-7-5-4-6-8-15)13-22(21)17-11-9-14(2)10-12-17/h4-12,16H,3,13H2,1-2H3,(H,19,20)/t16-,22?/m1/s1. The molecule has 0 fully saturated rings. The van der Waals surface area contributed by atoms with Gasteiger partial charge in [-0.05, 0) is 37.6 Å². The van der Waals surface area contributed by atoms with Crippen LogP contribution < -0.4 is 5.32 Å². The van der Waals surface area contributed by atoms with E-state index < -0.39 is 10.8 Å². The summed E-state index contributed by atoms with van der Waals surface area (Å²) in [6, 6.07) is 16.7. The Balaban J connectivity index is 1.98. The van der Waals surface area contributed by atoms with Crippen LogP contribution in [-0.2, 0) is 10.8 Å². The second-order valence-electron chi connectivity index (χ2n) is 5.27. The van der Waals surface area contributed by atoms with Crippen molar-refractivity contribution in [1.82, 2.24) is 5.32 Å². The topological polar surface area (TPSA) is 46.2 Å². The molecule has 0 aliphatic rings. The van der Waals surface area contributed by atoms with Crippen molar-refractivity contribution in [3.8, 4) is 0 Å². The minimum atomic E-state index is -1.11. The number of carbonyl (C=O) groups excluding carboxylic acids is 1. The van der Waals surface area contributed by atoms with Crippen LogP contribution in [0.15, 0.2) is 59.5 Å². The first kappa shape index (κ1) is 16.4. The van der Waals surface area contributed by atoms with Crippen LogP contribution in [-0.4, -0.2) is 21.9 Å². The summed E-state index contributed by atoms with van der Waals surface area (Å²) in [6.45, 7) is 3.99. The van der Waals surface area contributed by atoms with Gasteiger partial charge in [0.25, 0.3) is 5.91 Å². The molecule has 0 spiro atoms. The molecular formula is C18H21NO2S. The highest BCUT2D eigenvalue weighted by Crippen LogP contribution is 2.11. The summed E-state index contributed by atoms with van der Waals surface area (Å²) in [7, 11) is -1.11. The zero-order valence-electron chi connectivity index (χ0n) is 12.9. The average molecular weight is 315 g/mol. The molecular weight excluding hydrogens is 294 g/mol. The molecule has 2 aromatic carbocycles. The molecule has 2 rings (SSSR count). The minimum absolute atomic E-state index is 0.102. The van der Waals surface area contributed by atoms with Crippen LogP contribution in [0.4, 0.5) is 0 Å². The Kier molecular flexibility index (Phi) is 5.90. The lowest BCUT2D eigenvalue weighted by molar-refractivity contribution is 0.0940. The third-order valence-electron chi connectivity index (χ3n) is 3.50. The SMILES string of the molecule is CC[C@H](CS(=O)c1ccc(C)cc1)NC(=O)c1ccccc1. The minimum Gasteiger partial charge on any atom is -0.348 e. The summed E-state index contributed by atoms with van der Waals surface area (Å²) in [5.41, 5.74) is 1.77. The number of benzene rings is 2. The highest BCUT2D eigenvalue weighted by atomic mass is 32.2. The van der Waals surface area contributed by atoms with Crippen molar-refractivity contribution in [1.29, 1.82) is 0 Å². The van der Waals surface area contributed by atoms with E-state index in [9.17, 15) is 9.00 Å². The molecule has 1 N–H and O–H groups in total. The summed E-state index contributed by atoms with van der Waals surface area (Å²) in [6.07, 6.45) is 0.746. The molecule has 0 radical (unpaired) electrons. The van der Waals surface area contributed by atoms with Crippen molar-refractivity contribution in [2.24, 2.45) is 0 Å². The molecule has 0 saturated heterocycles. The first-order chi connectivity index (χ1) is 10.6. The van der Waals surface area contributed by atoms with Crippen molar-refractivity contribution >= 4 is 16.7 Å². The molecule has 0 aliphatic carbocycles. The largest absolute Gasteiger partial charge is 0.348 e. The number of aryl methyl sites for hydroxylation is 1. The summed E-state index contributed by atoms with van der Waals surface area (Å²) in [5.74, 6) is 0.311. The Morgan fingerprint density at radius 2 is 1.73 bits per heavy atom. The van der Waals surface area contributed by atoms with Crippen LogP contribution >= 0.6 is 0 Å². The molecule has 1 unspecified atom stereocenters. The molecule has 4 heteroatoms. The smallest absolute Gasteiger partial charge is 0.251 e. The molecule has 1 amide bonds. The molecule has 0 bridgehead atoms. The zero-order valence-corrected chi connectivity index (χ0v) is 13.7. The summed E-state index contributed by atoms with van der Waals surface area (Å²) < 4.78 is 12.4. The molecule has 0 saturated carbocycles. The van der Waals surface area contributed by atoms with E-state index >= 15 is 0 Å². The fourth-order valence-electron chi connectivity index (χ4n) is 2.09. The molecule has 0 aromatic heterocycles. The van der Waals surface area contributed by atoms with E-state index in [0.29, 0.717) is 11.3 Å². The van der Waals surface area contributed by atoms with Crippen LogP contribution in [0.2, 0.25) is 0 Å². The van der Waals surface area contributed by atoms with Crippen LogP contribution in [0, 0.1) is 6.92 Å². The Morgan fingerprint density at radius 3 is 2.32 bits per heavy atom. The number of carbonyl (C=O) groups is 1. The van der Waals surface area contributed by atoms with Gasteiger partial charge < -0.3 is 5.32 Å². The van der Waals surface area contributed by atoms with E-state index in [1.54, 1.807) is 12.1 Å². The third-order valence-corrected chi connectivity index (χ3v) is 5.00. The molecule has 116 valence electrons. The van der Waals surface area contributed by atoms with Gasteiger partial charge in [0.2, 0.25) is 0 Å². The lowest BCUT2D eigenvalue weighted by Crippen LogP contribution is -2.38. The molecule has 0 aliphatic heterocycles. The fraction of sp³-hybridized carbons (Fsp3) is 0.278. The van der Waals surface area contributed by atoms with Crippen molar-refractivity contribution in [2.45, 2.75) is 31.2 Å². The van der Waals surface area contributed by atoms with Gasteiger partial charge in [-0.25, -0.2) is 0 Å². The molecule has 3 nitrogen and oxygen atoms in total. The second-order valence-corrected chi connectivity index (χ2v) is 6.77. The van der Waals surface area contributed by atoms with Gasteiger partial charge in [-0.2, -0.15) is 0 Å². The van der Waals surface area contributed by atoms with E-state index in [0.717, 1.165) is 16.9 Å². The molecule has 22 heavy (non-hydrogen) atoms. The Hall–Kier alpha value is -1.94. The monoisotopic (exact) mass is 315 g/mol. The van der Waals surface area contributed by atoms with Crippen LogP contribution in [0.3, 0.4) is 0 Å². The van der Waals surface area contributed by atoms with Gasteiger partial charge in [0, 0.05) is 22.3 Å². The van der Waals surface area contributed by atoms with E-state index in [1.807, 2.05) is 56.3 Å². The summed E-state index contributed by atoms with van der Waals surface area (Å²) in [5, 5.41) is 2.96. The van der Waals surface area contributed by atoms with Crippen molar-refractivity contribution in [3.63, 3.8) is 0 Å². The maximum absolute atomic E-state index is 12.4. The van der Waals surface area contributed by atoms with E-state index in [1.165, 1.54) is 0 Å². The van der Waals surface area contributed by atoms with Crippen LogP contribution in [0.5, 0.6) is 0 Å². The number of nitrogens with one attached hydrogen (secondary N) is 1. The van der Waals surface area contributed by atoms with Crippen LogP contribution in [0.25, 0.3) is 0 Å². The predicted octanol–water partition coefficient (Wildman–Crippen LogP) is 3.31. The fourth-order valence-corrected chi connectivity index (χ4v) is 3.41. The maximum Gasteiger partial charge on any atom is 0.251 e. The van der Waals surface area contributed by atoms with Crippen molar-refractivity contribution in [2.75, 3.05) is 5.75 Å². The van der Waals surface area contributed by atoms with Gasteiger partial charge in [-0.3, -0.25) is 9.00 Å². The first-order valence-corrected chi connectivity index (χ1v) is 8.73. The van der Waals surface area contributed by atoms with Gasteiger partial charge in [0.1, 0.15) is 0 Å². The highest BCUT2D eigenvalue weighted by molar-refractivity contribution is 7.85. The Morgan fingerprint density at radius 1 is 1.09 bits per heavy atom. The highest BCUT2D eigenvalue weighted by Gasteiger charge is 2.15. The Labute approximate surface area is 134 Å². The van der Waals surface area contributed by atoms with Crippen LogP contribution in [0.1, 0.15) is 29.3 Å². The van der Waals surface area contributed by atoms with Gasteiger partial charge in [0.15, 0.2) is 0 Å². The first-order valence-electron chi connectivity index (χ1n) is 7.41. The normalized spacial score (nSPS) is 13.4. The lowest BCUT2D eigenvalue weighted by atomic mass is 10.2.